The number of fused-ring (bicyclic) bond motifs is 2. The average Bonchev–Trinajstić information content (AvgIpc) is 2.67. The molecular weight excluding hydrogens is 246 g/mol. The van der Waals surface area contributed by atoms with E-state index >= 15 is 0 Å². The van der Waals surface area contributed by atoms with Crippen LogP contribution < -0.4 is 0 Å². The second-order valence-electron chi connectivity index (χ2n) is 4.77. The van der Waals surface area contributed by atoms with E-state index in [9.17, 15) is 0 Å². The van der Waals surface area contributed by atoms with Crippen molar-refractivity contribution in [1.82, 2.24) is 14.8 Å². The summed E-state index contributed by atoms with van der Waals surface area (Å²) in [5, 5.41) is 7.24. The second kappa shape index (κ2) is 3.95. The molecule has 0 unspecified atom stereocenters. The standard InChI is InChI=1S/C14H14ClN3/c1-8(2)18-14-12(9(3)17-18)13(15)10-6-4-5-7-11(10)16-14/h4-8H,1-3H3. The summed E-state index contributed by atoms with van der Waals surface area (Å²) in [6, 6.07) is 8.19. The molecule has 2 aromatic heterocycles. The summed E-state index contributed by atoms with van der Waals surface area (Å²) >= 11 is 6.50. The molecule has 3 aromatic rings. The van der Waals surface area contributed by atoms with Gasteiger partial charge >= 0.3 is 0 Å². The molecular formula is C14H14ClN3. The molecule has 4 heteroatoms. The number of aromatic nitrogens is 3. The SMILES string of the molecule is Cc1nn(C(C)C)c2nc3ccccc3c(Cl)c12. The van der Waals surface area contributed by atoms with Crippen molar-refractivity contribution in [3.05, 3.63) is 35.0 Å². The van der Waals surface area contributed by atoms with Crippen LogP contribution in [0.1, 0.15) is 25.6 Å². The topological polar surface area (TPSA) is 30.7 Å². The molecule has 18 heavy (non-hydrogen) atoms. The Morgan fingerprint density at radius 1 is 1.22 bits per heavy atom. The Kier molecular flexibility index (Phi) is 2.52. The molecule has 0 aliphatic carbocycles. The number of hydrogen-bond donors (Lipinski definition) is 0. The number of aryl methyl sites for hydroxylation is 1. The number of hydrogen-bond acceptors (Lipinski definition) is 2. The Balaban J connectivity index is 2.53. The predicted octanol–water partition coefficient (Wildman–Crippen LogP) is 4.13. The first-order chi connectivity index (χ1) is 8.59. The smallest absolute Gasteiger partial charge is 0.160 e. The molecule has 0 saturated carbocycles. The van der Waals surface area contributed by atoms with Crippen LogP contribution in [0.15, 0.2) is 24.3 Å². The first kappa shape index (κ1) is 11.5. The highest BCUT2D eigenvalue weighted by molar-refractivity contribution is 6.40. The van der Waals surface area contributed by atoms with Gasteiger partial charge in [-0.05, 0) is 26.8 Å². The zero-order chi connectivity index (χ0) is 12.9. The van der Waals surface area contributed by atoms with Gasteiger partial charge in [0, 0.05) is 11.4 Å². The minimum absolute atomic E-state index is 0.269. The second-order valence-corrected chi connectivity index (χ2v) is 5.14. The van der Waals surface area contributed by atoms with Crippen molar-refractivity contribution in [3.8, 4) is 0 Å². The lowest BCUT2D eigenvalue weighted by molar-refractivity contribution is 0.543. The van der Waals surface area contributed by atoms with Crippen LogP contribution >= 0.6 is 11.6 Å². The molecule has 3 nitrogen and oxygen atoms in total. The van der Waals surface area contributed by atoms with Gasteiger partial charge in [0.2, 0.25) is 0 Å². The summed E-state index contributed by atoms with van der Waals surface area (Å²) in [4.78, 5) is 4.70. The molecule has 0 bridgehead atoms. The van der Waals surface area contributed by atoms with Crippen molar-refractivity contribution in [1.29, 1.82) is 0 Å². The molecule has 0 atom stereocenters. The minimum Gasteiger partial charge on any atom is -0.244 e. The van der Waals surface area contributed by atoms with Crippen LogP contribution in [0.25, 0.3) is 21.9 Å². The number of rotatable bonds is 1. The summed E-state index contributed by atoms with van der Waals surface area (Å²) in [5.74, 6) is 0. The van der Waals surface area contributed by atoms with Crippen LogP contribution in [0, 0.1) is 6.92 Å². The summed E-state index contributed by atoms with van der Waals surface area (Å²) in [7, 11) is 0. The first-order valence-electron chi connectivity index (χ1n) is 6.02. The van der Waals surface area contributed by atoms with Crippen LogP contribution in [0.2, 0.25) is 5.02 Å². The number of benzene rings is 1. The van der Waals surface area contributed by atoms with E-state index < -0.39 is 0 Å². The van der Waals surface area contributed by atoms with E-state index in [2.05, 4.69) is 18.9 Å². The monoisotopic (exact) mass is 259 g/mol. The van der Waals surface area contributed by atoms with E-state index in [1.54, 1.807) is 0 Å². The largest absolute Gasteiger partial charge is 0.244 e. The molecule has 0 amide bonds. The van der Waals surface area contributed by atoms with Crippen molar-refractivity contribution >= 4 is 33.5 Å². The number of para-hydroxylation sites is 1. The molecule has 0 saturated heterocycles. The summed E-state index contributed by atoms with van der Waals surface area (Å²) in [5.41, 5.74) is 2.71. The zero-order valence-corrected chi connectivity index (χ0v) is 11.4. The Morgan fingerprint density at radius 3 is 2.67 bits per heavy atom. The molecule has 0 aliphatic rings. The van der Waals surface area contributed by atoms with Crippen LogP contribution in [0.3, 0.4) is 0 Å². The highest BCUT2D eigenvalue weighted by Gasteiger charge is 2.16. The van der Waals surface area contributed by atoms with Gasteiger partial charge in [0.25, 0.3) is 0 Å². The highest BCUT2D eigenvalue weighted by Crippen LogP contribution is 2.33. The average molecular weight is 260 g/mol. The van der Waals surface area contributed by atoms with Crippen LogP contribution in [-0.4, -0.2) is 14.8 Å². The number of nitrogens with zero attached hydrogens (tertiary/aromatic N) is 3. The van der Waals surface area contributed by atoms with Crippen LogP contribution in [0.5, 0.6) is 0 Å². The maximum Gasteiger partial charge on any atom is 0.160 e. The van der Waals surface area contributed by atoms with E-state index in [0.29, 0.717) is 0 Å². The normalized spacial score (nSPS) is 11.8. The van der Waals surface area contributed by atoms with E-state index in [1.807, 2.05) is 35.9 Å². The minimum atomic E-state index is 0.269. The summed E-state index contributed by atoms with van der Waals surface area (Å²) < 4.78 is 1.93. The molecule has 3 rings (SSSR count). The van der Waals surface area contributed by atoms with Gasteiger partial charge in [0.05, 0.1) is 21.6 Å². The molecule has 0 aliphatic heterocycles. The fourth-order valence-electron chi connectivity index (χ4n) is 2.26. The van der Waals surface area contributed by atoms with Crippen molar-refractivity contribution in [2.24, 2.45) is 0 Å². The molecule has 92 valence electrons. The maximum atomic E-state index is 6.50. The molecule has 2 heterocycles. The summed E-state index contributed by atoms with van der Waals surface area (Å²) in [6.07, 6.45) is 0. The Labute approximate surface area is 110 Å². The van der Waals surface area contributed by atoms with Gasteiger partial charge in [-0.1, -0.05) is 29.8 Å². The number of pyridine rings is 1. The van der Waals surface area contributed by atoms with Crippen molar-refractivity contribution in [3.63, 3.8) is 0 Å². The van der Waals surface area contributed by atoms with E-state index in [4.69, 9.17) is 16.6 Å². The first-order valence-corrected chi connectivity index (χ1v) is 6.40. The van der Waals surface area contributed by atoms with Crippen molar-refractivity contribution < 1.29 is 0 Å². The van der Waals surface area contributed by atoms with Gasteiger partial charge in [0.15, 0.2) is 5.65 Å². The van der Waals surface area contributed by atoms with Crippen molar-refractivity contribution in [2.75, 3.05) is 0 Å². The van der Waals surface area contributed by atoms with Gasteiger partial charge in [-0.15, -0.1) is 0 Å². The fourth-order valence-corrected chi connectivity index (χ4v) is 2.65. The lowest BCUT2D eigenvalue weighted by Gasteiger charge is -2.07. The van der Waals surface area contributed by atoms with Crippen LogP contribution in [0.4, 0.5) is 0 Å². The summed E-state index contributed by atoms with van der Waals surface area (Å²) in [6.45, 7) is 6.16. The van der Waals surface area contributed by atoms with E-state index in [-0.39, 0.29) is 6.04 Å². The number of halogens is 1. The fraction of sp³-hybridized carbons (Fsp3) is 0.286. The molecule has 0 N–H and O–H groups in total. The van der Waals surface area contributed by atoms with E-state index in [0.717, 1.165) is 32.7 Å². The molecule has 1 aromatic carbocycles. The van der Waals surface area contributed by atoms with E-state index in [1.165, 1.54) is 0 Å². The predicted molar refractivity (Wildman–Crippen MR) is 75.2 cm³/mol. The van der Waals surface area contributed by atoms with Crippen molar-refractivity contribution in [2.45, 2.75) is 26.8 Å². The van der Waals surface area contributed by atoms with Gasteiger partial charge in [-0.3, -0.25) is 0 Å². The lowest BCUT2D eigenvalue weighted by Crippen LogP contribution is -2.03. The third-order valence-electron chi connectivity index (χ3n) is 3.14. The van der Waals surface area contributed by atoms with Gasteiger partial charge in [-0.25, -0.2) is 9.67 Å². The van der Waals surface area contributed by atoms with Gasteiger partial charge in [0.1, 0.15) is 0 Å². The molecule has 0 spiro atoms. The lowest BCUT2D eigenvalue weighted by atomic mass is 10.1. The Hall–Kier alpha value is -1.61. The molecule has 0 fully saturated rings. The van der Waals surface area contributed by atoms with Gasteiger partial charge in [-0.2, -0.15) is 5.10 Å². The van der Waals surface area contributed by atoms with Gasteiger partial charge < -0.3 is 0 Å². The third-order valence-corrected chi connectivity index (χ3v) is 3.53. The quantitative estimate of drug-likeness (QED) is 0.658. The highest BCUT2D eigenvalue weighted by atomic mass is 35.5. The zero-order valence-electron chi connectivity index (χ0n) is 10.6. The van der Waals surface area contributed by atoms with Crippen LogP contribution in [-0.2, 0) is 0 Å². The Morgan fingerprint density at radius 2 is 1.94 bits per heavy atom. The Bertz CT molecular complexity index is 743. The molecule has 0 radical (unpaired) electrons. The third kappa shape index (κ3) is 1.51. The maximum absolute atomic E-state index is 6.50.